The van der Waals surface area contributed by atoms with E-state index in [0.717, 1.165) is 37.3 Å². The van der Waals surface area contributed by atoms with E-state index in [0.29, 0.717) is 62.0 Å². The van der Waals surface area contributed by atoms with Crippen LogP contribution in [0.5, 0.6) is 0 Å². The number of nitrogens with zero attached hydrogens (tertiary/aromatic N) is 4. The van der Waals surface area contributed by atoms with Gasteiger partial charge in [-0.1, -0.05) is 72.8 Å². The number of carbonyl (C=O) groups excluding carboxylic acids is 2. The number of methoxy groups -OCH3 is 1. The van der Waals surface area contributed by atoms with Crippen LogP contribution in [0.2, 0.25) is 0 Å². The van der Waals surface area contributed by atoms with Gasteiger partial charge < -0.3 is 19.9 Å². The third-order valence-corrected chi connectivity index (χ3v) is 13.2. The van der Waals surface area contributed by atoms with Gasteiger partial charge in [0.1, 0.15) is 0 Å². The lowest BCUT2D eigenvalue weighted by molar-refractivity contribution is 0.0407. The maximum absolute atomic E-state index is 13.2. The van der Waals surface area contributed by atoms with Gasteiger partial charge in [-0.25, -0.2) is 21.6 Å². The number of hydrogen-bond donors (Lipinski definition) is 1. The van der Waals surface area contributed by atoms with Crippen molar-refractivity contribution in [3.8, 4) is 0 Å². The summed E-state index contributed by atoms with van der Waals surface area (Å²) < 4.78 is 71.0. The molecule has 58 heavy (non-hydrogen) atoms. The van der Waals surface area contributed by atoms with E-state index in [4.69, 9.17) is 19.9 Å². The van der Waals surface area contributed by atoms with Gasteiger partial charge in [-0.05, 0) is 47.5 Å². The molecule has 4 aromatic rings. The van der Waals surface area contributed by atoms with Gasteiger partial charge in [0.25, 0.3) is 0 Å². The van der Waals surface area contributed by atoms with E-state index in [2.05, 4.69) is 9.80 Å². The van der Waals surface area contributed by atoms with Gasteiger partial charge in [-0.2, -0.15) is 0 Å². The number of ether oxygens (including phenoxy) is 3. The molecule has 2 aliphatic heterocycles. The fraction of sp³-hybridized carbons (Fsp3) is 0.381. The van der Waals surface area contributed by atoms with Crippen molar-refractivity contribution in [2.75, 3.05) is 99.5 Å². The first kappa shape index (κ1) is 44.4. The first-order valence-electron chi connectivity index (χ1n) is 19.2. The first-order chi connectivity index (χ1) is 28.0. The van der Waals surface area contributed by atoms with Crippen LogP contribution in [0.25, 0.3) is 0 Å². The van der Waals surface area contributed by atoms with Gasteiger partial charge in [0.05, 0.1) is 81.6 Å². The lowest BCUT2D eigenvalue weighted by Crippen LogP contribution is -2.42. The molecule has 14 nitrogen and oxygen atoms in total. The number of morpholine rings is 2. The third kappa shape index (κ3) is 13.2. The molecular formula is C42H53N5O9S2. The minimum absolute atomic E-state index is 0.0299. The summed E-state index contributed by atoms with van der Waals surface area (Å²) in [6, 6.07) is 31.9. The summed E-state index contributed by atoms with van der Waals surface area (Å²) in [6.45, 7) is 6.81. The number of carbonyl (C=O) groups is 2. The molecule has 4 aromatic carbocycles. The van der Waals surface area contributed by atoms with Crippen molar-refractivity contribution in [3.63, 3.8) is 0 Å². The van der Waals surface area contributed by atoms with Crippen LogP contribution in [0.15, 0.2) is 109 Å². The van der Waals surface area contributed by atoms with Crippen molar-refractivity contribution in [1.29, 1.82) is 0 Å². The average Bonchev–Trinajstić information content (AvgIpc) is 3.27. The molecule has 0 unspecified atom stereocenters. The maximum Gasteiger partial charge on any atom is 0.337 e. The average molecular weight is 836 g/mol. The molecule has 0 spiro atoms. The Hall–Kier alpha value is -4.68. The largest absolute Gasteiger partial charge is 0.465 e. The Bertz CT molecular complexity index is 1940. The summed E-state index contributed by atoms with van der Waals surface area (Å²) in [6.07, 6.45) is 0. The quantitative estimate of drug-likeness (QED) is 0.121. The van der Waals surface area contributed by atoms with Crippen LogP contribution in [0.4, 0.5) is 11.4 Å². The molecule has 312 valence electrons. The number of ketones is 1. The number of para-hydroxylation sites is 2. The highest BCUT2D eigenvalue weighted by Crippen LogP contribution is 2.23. The number of Topliss-reactive ketones (excluding diaryl/α,β-unsaturated/α-hetero) is 1. The van der Waals surface area contributed by atoms with E-state index in [1.165, 1.54) is 15.7 Å². The first-order valence-corrected chi connectivity index (χ1v) is 22.4. The van der Waals surface area contributed by atoms with E-state index in [1.807, 2.05) is 36.4 Å². The van der Waals surface area contributed by atoms with E-state index in [1.54, 1.807) is 72.8 Å². The molecule has 0 amide bonds. The normalized spacial score (nSPS) is 15.1. The standard InChI is InChI=1S/C21H27N3O4S.C21H26N2O5S/c22-16-21(25)19-8-6-18(7-9-19)17-24(20-4-2-1-3-5-20)29(26,27)15-12-23-10-13-28-14-11-23;1-27-21(24)19-9-7-18(8-10-19)17-23(20-5-3-2-4-6-20)29(25,26)16-13-22-11-14-28-15-12-22/h1-9H,10-17,22H2;2-10H,11-17H2,1H3. The minimum atomic E-state index is -3.54. The second-order valence-electron chi connectivity index (χ2n) is 13.7. The van der Waals surface area contributed by atoms with E-state index in [9.17, 15) is 26.4 Å². The van der Waals surface area contributed by atoms with Crippen LogP contribution in [0.1, 0.15) is 31.8 Å². The minimum Gasteiger partial charge on any atom is -0.465 e. The Kier molecular flexibility index (Phi) is 16.8. The molecule has 0 atom stereocenters. The number of esters is 1. The molecule has 0 bridgehead atoms. The van der Waals surface area contributed by atoms with Crippen molar-refractivity contribution in [2.45, 2.75) is 13.1 Å². The molecular weight excluding hydrogens is 783 g/mol. The van der Waals surface area contributed by atoms with Crippen molar-refractivity contribution in [2.24, 2.45) is 5.73 Å². The number of anilines is 2. The highest BCUT2D eigenvalue weighted by Gasteiger charge is 2.26. The van der Waals surface area contributed by atoms with Crippen LogP contribution in [0.3, 0.4) is 0 Å². The van der Waals surface area contributed by atoms with Crippen molar-refractivity contribution in [1.82, 2.24) is 9.80 Å². The van der Waals surface area contributed by atoms with E-state index >= 15 is 0 Å². The topological polar surface area (TPSA) is 169 Å². The number of nitrogens with two attached hydrogens (primary N) is 1. The van der Waals surface area contributed by atoms with Crippen LogP contribution in [0, 0.1) is 0 Å². The number of sulfonamides is 2. The number of hydrogen-bond acceptors (Lipinski definition) is 12. The molecule has 2 aliphatic rings. The highest BCUT2D eigenvalue weighted by atomic mass is 32.2. The summed E-state index contributed by atoms with van der Waals surface area (Å²) in [5.41, 5.74) is 9.19. The molecule has 6 rings (SSSR count). The van der Waals surface area contributed by atoms with Crippen LogP contribution in [-0.2, 0) is 47.3 Å². The van der Waals surface area contributed by atoms with E-state index < -0.39 is 26.0 Å². The third-order valence-electron chi connectivity index (χ3n) is 9.79. The maximum atomic E-state index is 13.2. The zero-order valence-corrected chi connectivity index (χ0v) is 34.5. The monoisotopic (exact) mass is 835 g/mol. The molecule has 2 fully saturated rings. The second kappa shape index (κ2) is 21.9. The lowest BCUT2D eigenvalue weighted by atomic mass is 10.1. The Labute approximate surface area is 342 Å². The fourth-order valence-corrected chi connectivity index (χ4v) is 9.35. The molecule has 16 heteroatoms. The molecule has 0 saturated carbocycles. The van der Waals surface area contributed by atoms with Crippen LogP contribution < -0.4 is 14.3 Å². The Morgan fingerprint density at radius 1 is 0.603 bits per heavy atom. The zero-order valence-electron chi connectivity index (χ0n) is 32.9. The predicted molar refractivity (Wildman–Crippen MR) is 225 cm³/mol. The number of rotatable bonds is 17. The highest BCUT2D eigenvalue weighted by molar-refractivity contribution is 7.93. The molecule has 2 saturated heterocycles. The summed E-state index contributed by atoms with van der Waals surface area (Å²) in [5, 5.41) is 0. The molecule has 0 aliphatic carbocycles. The van der Waals surface area contributed by atoms with Gasteiger partial charge in [0.15, 0.2) is 5.78 Å². The summed E-state index contributed by atoms with van der Waals surface area (Å²) in [7, 11) is -5.76. The molecule has 2 N–H and O–H groups in total. The lowest BCUT2D eigenvalue weighted by Gasteiger charge is -2.29. The molecule has 0 aromatic heterocycles. The summed E-state index contributed by atoms with van der Waals surface area (Å²) >= 11 is 0. The second-order valence-corrected chi connectivity index (χ2v) is 17.8. The van der Waals surface area contributed by atoms with Crippen molar-refractivity contribution >= 4 is 43.2 Å². The fourth-order valence-electron chi connectivity index (χ4n) is 6.36. The van der Waals surface area contributed by atoms with Gasteiger partial charge in [-0.3, -0.25) is 23.2 Å². The van der Waals surface area contributed by atoms with Gasteiger partial charge in [-0.15, -0.1) is 0 Å². The smallest absolute Gasteiger partial charge is 0.337 e. The van der Waals surface area contributed by atoms with Crippen molar-refractivity contribution in [3.05, 3.63) is 131 Å². The van der Waals surface area contributed by atoms with Crippen LogP contribution >= 0.6 is 0 Å². The Morgan fingerprint density at radius 2 is 0.983 bits per heavy atom. The van der Waals surface area contributed by atoms with E-state index in [-0.39, 0.29) is 36.9 Å². The van der Waals surface area contributed by atoms with Crippen LogP contribution in [-0.4, -0.2) is 129 Å². The SMILES string of the molecule is COC(=O)c1ccc(CN(c2ccccc2)S(=O)(=O)CCN2CCOCC2)cc1.NCC(=O)c1ccc(CN(c2ccccc2)S(=O)(=O)CCN2CCOCC2)cc1. The van der Waals surface area contributed by atoms with Gasteiger partial charge in [0, 0.05) is 44.8 Å². The summed E-state index contributed by atoms with van der Waals surface area (Å²) in [5.74, 6) is -0.502. The Morgan fingerprint density at radius 3 is 1.34 bits per heavy atom. The Balaban J connectivity index is 0.000000221. The zero-order chi connectivity index (χ0) is 41.4. The van der Waals surface area contributed by atoms with Crippen molar-refractivity contribution < 1.29 is 40.6 Å². The van der Waals surface area contributed by atoms with Gasteiger partial charge in [0.2, 0.25) is 20.0 Å². The molecule has 0 radical (unpaired) electrons. The summed E-state index contributed by atoms with van der Waals surface area (Å²) in [4.78, 5) is 27.6. The van der Waals surface area contributed by atoms with Gasteiger partial charge >= 0.3 is 5.97 Å². The molecule has 2 heterocycles. The predicted octanol–water partition coefficient (Wildman–Crippen LogP) is 3.64. The number of benzene rings is 4.